The summed E-state index contributed by atoms with van der Waals surface area (Å²) in [5, 5.41) is 7.95. The first-order chi connectivity index (χ1) is 7.34. The number of benzene rings is 1. The minimum absolute atomic E-state index is 0.410. The fourth-order valence-electron chi connectivity index (χ4n) is 2.10. The molecular weight excluding hydrogens is 210 g/mol. The summed E-state index contributed by atoms with van der Waals surface area (Å²) < 4.78 is 1.79. The summed E-state index contributed by atoms with van der Waals surface area (Å²) in [6, 6.07) is 6.42. The maximum atomic E-state index is 5.91. The summed E-state index contributed by atoms with van der Waals surface area (Å²) >= 11 is 5.91. The molecule has 76 valence electrons. The Labute approximate surface area is 92.7 Å². The molecule has 0 saturated carbocycles. The van der Waals surface area contributed by atoms with Gasteiger partial charge in [-0.15, -0.1) is 10.2 Å². The highest BCUT2D eigenvalue weighted by Gasteiger charge is 2.12. The van der Waals surface area contributed by atoms with E-state index >= 15 is 0 Å². The van der Waals surface area contributed by atoms with Crippen molar-refractivity contribution in [1.29, 1.82) is 0 Å². The highest BCUT2D eigenvalue weighted by molar-refractivity contribution is 6.28. The predicted octanol–water partition coefficient (Wildman–Crippen LogP) is 2.41. The third-order valence-corrected chi connectivity index (χ3v) is 3.12. The smallest absolute Gasteiger partial charge is 0.229 e. The lowest BCUT2D eigenvalue weighted by molar-refractivity contribution is 0.911. The summed E-state index contributed by atoms with van der Waals surface area (Å²) in [6.07, 6.45) is 5.27. The van der Waals surface area contributed by atoms with Crippen LogP contribution in [0.5, 0.6) is 0 Å². The zero-order valence-electron chi connectivity index (χ0n) is 8.15. The van der Waals surface area contributed by atoms with Crippen LogP contribution in [0, 0.1) is 0 Å². The number of hydrogen-bond acceptors (Lipinski definition) is 2. The van der Waals surface area contributed by atoms with Gasteiger partial charge in [-0.2, -0.15) is 0 Å². The van der Waals surface area contributed by atoms with Gasteiger partial charge in [-0.05, 0) is 54.1 Å². The Balaban J connectivity index is 2.11. The molecule has 1 aromatic carbocycles. The zero-order chi connectivity index (χ0) is 10.3. The molecular formula is C11H10ClN3. The maximum absolute atomic E-state index is 5.91. The van der Waals surface area contributed by atoms with E-state index in [0.717, 1.165) is 5.69 Å². The summed E-state index contributed by atoms with van der Waals surface area (Å²) in [6.45, 7) is 0. The van der Waals surface area contributed by atoms with Crippen molar-refractivity contribution < 1.29 is 0 Å². The fourth-order valence-corrected chi connectivity index (χ4v) is 2.29. The molecule has 2 aromatic rings. The standard InChI is InChI=1S/C11H10ClN3/c12-11-14-13-7-15(11)10-5-4-8-2-1-3-9(8)6-10/h4-7H,1-3H2. The molecule has 1 aromatic heterocycles. The fraction of sp³-hybridized carbons (Fsp3) is 0.273. The van der Waals surface area contributed by atoms with E-state index in [2.05, 4.69) is 28.4 Å². The number of aryl methyl sites for hydroxylation is 2. The van der Waals surface area contributed by atoms with Gasteiger partial charge in [0.2, 0.25) is 5.28 Å². The van der Waals surface area contributed by atoms with Crippen molar-refractivity contribution in [3.8, 4) is 5.69 Å². The first-order valence-corrected chi connectivity index (χ1v) is 5.40. The average molecular weight is 220 g/mol. The highest BCUT2D eigenvalue weighted by Crippen LogP contribution is 2.25. The Morgan fingerprint density at radius 3 is 2.87 bits per heavy atom. The molecule has 0 amide bonds. The van der Waals surface area contributed by atoms with E-state index in [4.69, 9.17) is 11.6 Å². The van der Waals surface area contributed by atoms with Crippen LogP contribution in [0.25, 0.3) is 5.69 Å². The van der Waals surface area contributed by atoms with E-state index in [0.29, 0.717) is 5.28 Å². The highest BCUT2D eigenvalue weighted by atomic mass is 35.5. The van der Waals surface area contributed by atoms with Gasteiger partial charge in [0.15, 0.2) is 0 Å². The molecule has 0 unspecified atom stereocenters. The van der Waals surface area contributed by atoms with Crippen LogP contribution < -0.4 is 0 Å². The van der Waals surface area contributed by atoms with Crippen molar-refractivity contribution in [2.75, 3.05) is 0 Å². The zero-order valence-corrected chi connectivity index (χ0v) is 8.91. The first kappa shape index (κ1) is 8.92. The van der Waals surface area contributed by atoms with E-state index in [1.165, 1.54) is 30.4 Å². The second kappa shape index (κ2) is 3.35. The quantitative estimate of drug-likeness (QED) is 0.738. The predicted molar refractivity (Wildman–Crippen MR) is 58.4 cm³/mol. The van der Waals surface area contributed by atoms with Crippen molar-refractivity contribution >= 4 is 11.6 Å². The molecule has 0 bridgehead atoms. The number of nitrogens with zero attached hydrogens (tertiary/aromatic N) is 3. The van der Waals surface area contributed by atoms with Crippen LogP contribution in [0.3, 0.4) is 0 Å². The van der Waals surface area contributed by atoms with Crippen LogP contribution in [0.1, 0.15) is 17.5 Å². The van der Waals surface area contributed by atoms with Crippen LogP contribution in [0.2, 0.25) is 5.28 Å². The van der Waals surface area contributed by atoms with Crippen LogP contribution in [0.15, 0.2) is 24.5 Å². The Morgan fingerprint density at radius 1 is 1.20 bits per heavy atom. The monoisotopic (exact) mass is 219 g/mol. The van der Waals surface area contributed by atoms with Gasteiger partial charge in [-0.25, -0.2) is 0 Å². The van der Waals surface area contributed by atoms with Crippen molar-refractivity contribution in [3.63, 3.8) is 0 Å². The Morgan fingerprint density at radius 2 is 2.07 bits per heavy atom. The normalized spacial score (nSPS) is 14.2. The molecule has 0 aliphatic heterocycles. The minimum Gasteiger partial charge on any atom is -0.272 e. The second-order valence-corrected chi connectivity index (χ2v) is 4.11. The van der Waals surface area contributed by atoms with Gasteiger partial charge in [0.25, 0.3) is 0 Å². The molecule has 0 saturated heterocycles. The molecule has 3 nitrogen and oxygen atoms in total. The number of hydrogen-bond donors (Lipinski definition) is 0. The summed E-state index contributed by atoms with van der Waals surface area (Å²) in [5.74, 6) is 0. The molecule has 3 rings (SSSR count). The molecule has 15 heavy (non-hydrogen) atoms. The Bertz CT molecular complexity index is 504. The first-order valence-electron chi connectivity index (χ1n) is 5.02. The van der Waals surface area contributed by atoms with Gasteiger partial charge in [-0.1, -0.05) is 6.07 Å². The minimum atomic E-state index is 0.410. The molecule has 4 heteroatoms. The lowest BCUT2D eigenvalue weighted by Crippen LogP contribution is -1.94. The van der Waals surface area contributed by atoms with Gasteiger partial charge in [0.1, 0.15) is 6.33 Å². The van der Waals surface area contributed by atoms with Gasteiger partial charge in [0, 0.05) is 5.69 Å². The lowest BCUT2D eigenvalue weighted by Gasteiger charge is -2.05. The topological polar surface area (TPSA) is 30.7 Å². The lowest BCUT2D eigenvalue weighted by atomic mass is 10.1. The maximum Gasteiger partial charge on any atom is 0.229 e. The van der Waals surface area contributed by atoms with E-state index in [9.17, 15) is 0 Å². The Hall–Kier alpha value is -1.35. The molecule has 0 radical (unpaired) electrons. The van der Waals surface area contributed by atoms with Gasteiger partial charge < -0.3 is 0 Å². The van der Waals surface area contributed by atoms with Crippen molar-refractivity contribution in [3.05, 3.63) is 40.9 Å². The van der Waals surface area contributed by atoms with Gasteiger partial charge in [0.05, 0.1) is 0 Å². The van der Waals surface area contributed by atoms with E-state index in [1.54, 1.807) is 10.9 Å². The third-order valence-electron chi connectivity index (χ3n) is 2.87. The SMILES string of the molecule is Clc1nncn1-c1ccc2c(c1)CCC2. The van der Waals surface area contributed by atoms with Crippen LogP contribution >= 0.6 is 11.6 Å². The van der Waals surface area contributed by atoms with Crippen LogP contribution in [0.4, 0.5) is 0 Å². The van der Waals surface area contributed by atoms with E-state index in [1.807, 2.05) is 0 Å². The van der Waals surface area contributed by atoms with Gasteiger partial charge in [-0.3, -0.25) is 4.57 Å². The van der Waals surface area contributed by atoms with Crippen molar-refractivity contribution in [2.45, 2.75) is 19.3 Å². The van der Waals surface area contributed by atoms with Crippen molar-refractivity contribution in [1.82, 2.24) is 14.8 Å². The van der Waals surface area contributed by atoms with E-state index in [-0.39, 0.29) is 0 Å². The largest absolute Gasteiger partial charge is 0.272 e. The Kier molecular flexibility index (Phi) is 1.99. The third kappa shape index (κ3) is 1.43. The molecule has 1 heterocycles. The van der Waals surface area contributed by atoms with Gasteiger partial charge >= 0.3 is 0 Å². The van der Waals surface area contributed by atoms with Crippen LogP contribution in [-0.4, -0.2) is 14.8 Å². The molecule has 0 spiro atoms. The molecule has 0 atom stereocenters. The molecule has 1 aliphatic rings. The summed E-state index contributed by atoms with van der Waals surface area (Å²) in [4.78, 5) is 0. The number of rotatable bonds is 1. The van der Waals surface area contributed by atoms with E-state index < -0.39 is 0 Å². The number of aromatic nitrogens is 3. The number of halogens is 1. The van der Waals surface area contributed by atoms with Crippen molar-refractivity contribution in [2.24, 2.45) is 0 Å². The molecule has 0 N–H and O–H groups in total. The summed E-state index contributed by atoms with van der Waals surface area (Å²) in [7, 11) is 0. The second-order valence-electron chi connectivity index (χ2n) is 3.78. The van der Waals surface area contributed by atoms with Crippen LogP contribution in [-0.2, 0) is 12.8 Å². The number of fused-ring (bicyclic) bond motifs is 1. The summed E-state index contributed by atoms with van der Waals surface area (Å²) in [5.41, 5.74) is 3.94. The molecule has 1 aliphatic carbocycles. The molecule has 0 fully saturated rings. The average Bonchev–Trinajstić information content (AvgIpc) is 2.84.